The van der Waals surface area contributed by atoms with Gasteiger partial charge in [0.2, 0.25) is 11.8 Å². The van der Waals surface area contributed by atoms with Gasteiger partial charge in [0, 0.05) is 10.5 Å². The molecule has 25 heavy (non-hydrogen) atoms. The third-order valence-corrected chi connectivity index (χ3v) is 4.55. The highest BCUT2D eigenvalue weighted by Gasteiger charge is 2.13. The summed E-state index contributed by atoms with van der Waals surface area (Å²) in [5, 5.41) is 10.6. The first-order valence-corrected chi connectivity index (χ1v) is 9.11. The van der Waals surface area contributed by atoms with Crippen molar-refractivity contribution in [3.05, 3.63) is 59.2 Å². The molecule has 6 heteroatoms. The molecule has 5 nitrogen and oxygen atoms in total. The van der Waals surface area contributed by atoms with E-state index in [2.05, 4.69) is 21.6 Å². The molecule has 0 saturated heterocycles. The zero-order chi connectivity index (χ0) is 17.8. The summed E-state index contributed by atoms with van der Waals surface area (Å²) in [7, 11) is 0. The summed E-state index contributed by atoms with van der Waals surface area (Å²) in [5.41, 5.74) is 4.02. The molecule has 0 unspecified atom stereocenters. The molecule has 0 fully saturated rings. The summed E-state index contributed by atoms with van der Waals surface area (Å²) >= 11 is 1.67. The van der Waals surface area contributed by atoms with Gasteiger partial charge in [-0.05, 0) is 49.4 Å². The van der Waals surface area contributed by atoms with Crippen LogP contribution in [0.15, 0.2) is 51.8 Å². The predicted molar refractivity (Wildman–Crippen MR) is 99.8 cm³/mol. The Balaban J connectivity index is 1.67. The highest BCUT2D eigenvalue weighted by atomic mass is 32.2. The zero-order valence-corrected chi connectivity index (χ0v) is 15.2. The Morgan fingerprint density at radius 3 is 2.56 bits per heavy atom. The summed E-state index contributed by atoms with van der Waals surface area (Å²) in [6.07, 6.45) is 2.28. The SMILES string of the molecule is CSc1ccc(CC(=O)Nc2nnc(-c3ccc(C)cc3C)o2)cc1. The molecule has 1 aromatic heterocycles. The van der Waals surface area contributed by atoms with E-state index in [-0.39, 0.29) is 18.3 Å². The maximum absolute atomic E-state index is 12.1. The second-order valence-electron chi connectivity index (χ2n) is 5.80. The van der Waals surface area contributed by atoms with Gasteiger partial charge in [-0.1, -0.05) is 34.9 Å². The lowest BCUT2D eigenvalue weighted by Crippen LogP contribution is -2.14. The van der Waals surface area contributed by atoms with E-state index in [9.17, 15) is 4.79 Å². The molecule has 3 rings (SSSR count). The van der Waals surface area contributed by atoms with Gasteiger partial charge >= 0.3 is 6.01 Å². The molecule has 0 bridgehead atoms. The summed E-state index contributed by atoms with van der Waals surface area (Å²) in [4.78, 5) is 13.3. The van der Waals surface area contributed by atoms with E-state index in [4.69, 9.17) is 4.42 Å². The Morgan fingerprint density at radius 1 is 1.12 bits per heavy atom. The van der Waals surface area contributed by atoms with E-state index in [0.717, 1.165) is 16.7 Å². The van der Waals surface area contributed by atoms with E-state index in [1.165, 1.54) is 10.5 Å². The normalized spacial score (nSPS) is 10.7. The predicted octanol–water partition coefficient (Wildman–Crippen LogP) is 4.26. The quantitative estimate of drug-likeness (QED) is 0.694. The fourth-order valence-electron chi connectivity index (χ4n) is 2.53. The van der Waals surface area contributed by atoms with E-state index in [1.807, 2.05) is 56.5 Å². The van der Waals surface area contributed by atoms with Gasteiger partial charge in [0.15, 0.2) is 0 Å². The van der Waals surface area contributed by atoms with Crippen LogP contribution in [0.25, 0.3) is 11.5 Å². The van der Waals surface area contributed by atoms with Crippen LogP contribution >= 0.6 is 11.8 Å². The monoisotopic (exact) mass is 353 g/mol. The van der Waals surface area contributed by atoms with Crippen molar-refractivity contribution in [2.45, 2.75) is 25.2 Å². The van der Waals surface area contributed by atoms with Gasteiger partial charge in [-0.25, -0.2) is 0 Å². The largest absolute Gasteiger partial charge is 0.403 e. The minimum Gasteiger partial charge on any atom is -0.403 e. The minimum atomic E-state index is -0.187. The molecule has 0 aliphatic rings. The fraction of sp³-hybridized carbons (Fsp3) is 0.211. The molecule has 1 amide bonds. The standard InChI is InChI=1S/C19H19N3O2S/c1-12-4-9-16(13(2)10-12)18-21-22-19(24-18)20-17(23)11-14-5-7-15(25-3)8-6-14/h4-10H,11H2,1-3H3,(H,20,22,23). The Kier molecular flexibility index (Phi) is 5.19. The lowest BCUT2D eigenvalue weighted by atomic mass is 10.1. The molecule has 0 atom stereocenters. The van der Waals surface area contributed by atoms with Crippen LogP contribution in [0.2, 0.25) is 0 Å². The second-order valence-corrected chi connectivity index (χ2v) is 6.68. The number of anilines is 1. The van der Waals surface area contributed by atoms with Crippen molar-refractivity contribution in [3.8, 4) is 11.5 Å². The number of nitrogens with one attached hydrogen (secondary N) is 1. The number of amides is 1. The van der Waals surface area contributed by atoms with Crippen molar-refractivity contribution < 1.29 is 9.21 Å². The third kappa shape index (κ3) is 4.28. The van der Waals surface area contributed by atoms with Crippen LogP contribution in [0.3, 0.4) is 0 Å². The van der Waals surface area contributed by atoms with Crippen LogP contribution in [0.4, 0.5) is 6.01 Å². The number of thioether (sulfide) groups is 1. The van der Waals surface area contributed by atoms with Gasteiger partial charge in [-0.3, -0.25) is 10.1 Å². The molecule has 128 valence electrons. The number of carbonyl (C=O) groups excluding carboxylic acids is 1. The number of hydrogen-bond donors (Lipinski definition) is 1. The van der Waals surface area contributed by atoms with Gasteiger partial charge in [0.05, 0.1) is 6.42 Å². The molecule has 0 saturated carbocycles. The van der Waals surface area contributed by atoms with E-state index in [1.54, 1.807) is 11.8 Å². The van der Waals surface area contributed by atoms with Crippen LogP contribution in [0.1, 0.15) is 16.7 Å². The molecule has 3 aromatic rings. The van der Waals surface area contributed by atoms with E-state index in [0.29, 0.717) is 5.89 Å². The Morgan fingerprint density at radius 2 is 1.88 bits per heavy atom. The van der Waals surface area contributed by atoms with Gasteiger partial charge in [0.1, 0.15) is 0 Å². The summed E-state index contributed by atoms with van der Waals surface area (Å²) in [6, 6.07) is 14.0. The van der Waals surface area contributed by atoms with Crippen LogP contribution in [0, 0.1) is 13.8 Å². The molecule has 0 aliphatic heterocycles. The Bertz CT molecular complexity index is 888. The van der Waals surface area contributed by atoms with Gasteiger partial charge < -0.3 is 4.42 Å². The summed E-state index contributed by atoms with van der Waals surface area (Å²) in [5.74, 6) is 0.213. The zero-order valence-electron chi connectivity index (χ0n) is 14.4. The van der Waals surface area contributed by atoms with Gasteiger partial charge in [-0.2, -0.15) is 0 Å². The van der Waals surface area contributed by atoms with Crippen LogP contribution < -0.4 is 5.32 Å². The highest BCUT2D eigenvalue weighted by molar-refractivity contribution is 7.98. The molecule has 0 radical (unpaired) electrons. The summed E-state index contributed by atoms with van der Waals surface area (Å²) < 4.78 is 5.58. The number of benzene rings is 2. The molecule has 2 aromatic carbocycles. The third-order valence-electron chi connectivity index (χ3n) is 3.81. The molecule has 1 N–H and O–H groups in total. The van der Waals surface area contributed by atoms with Crippen LogP contribution in [0.5, 0.6) is 0 Å². The molecule has 1 heterocycles. The number of nitrogens with zero attached hydrogens (tertiary/aromatic N) is 2. The number of aromatic nitrogens is 2. The van der Waals surface area contributed by atoms with Crippen molar-refractivity contribution in [1.29, 1.82) is 0 Å². The second kappa shape index (κ2) is 7.53. The maximum atomic E-state index is 12.1. The smallest absolute Gasteiger partial charge is 0.322 e. The van der Waals surface area contributed by atoms with Gasteiger partial charge in [0.25, 0.3) is 0 Å². The molecule has 0 spiro atoms. The number of rotatable bonds is 5. The van der Waals surface area contributed by atoms with Crippen molar-refractivity contribution in [1.82, 2.24) is 10.2 Å². The van der Waals surface area contributed by atoms with Crippen LogP contribution in [-0.2, 0) is 11.2 Å². The fourth-order valence-corrected chi connectivity index (χ4v) is 2.94. The lowest BCUT2D eigenvalue weighted by molar-refractivity contribution is -0.115. The summed E-state index contributed by atoms with van der Waals surface area (Å²) in [6.45, 7) is 4.02. The van der Waals surface area contributed by atoms with Crippen molar-refractivity contribution in [2.24, 2.45) is 0 Å². The minimum absolute atomic E-state index is 0.112. The van der Waals surface area contributed by atoms with Crippen molar-refractivity contribution in [3.63, 3.8) is 0 Å². The molecular formula is C19H19N3O2S. The Hall–Kier alpha value is -2.60. The maximum Gasteiger partial charge on any atom is 0.322 e. The average molecular weight is 353 g/mol. The first-order chi connectivity index (χ1) is 12.0. The molecule has 0 aliphatic carbocycles. The first-order valence-electron chi connectivity index (χ1n) is 7.89. The topological polar surface area (TPSA) is 68.0 Å². The number of carbonyl (C=O) groups is 1. The van der Waals surface area contributed by atoms with E-state index >= 15 is 0 Å². The Labute approximate surface area is 150 Å². The van der Waals surface area contributed by atoms with Crippen LogP contribution in [-0.4, -0.2) is 22.4 Å². The average Bonchev–Trinajstić information content (AvgIpc) is 3.03. The highest BCUT2D eigenvalue weighted by Crippen LogP contribution is 2.24. The van der Waals surface area contributed by atoms with Crippen molar-refractivity contribution in [2.75, 3.05) is 11.6 Å². The lowest BCUT2D eigenvalue weighted by Gasteiger charge is -2.03. The van der Waals surface area contributed by atoms with Crippen molar-refractivity contribution >= 4 is 23.7 Å². The van der Waals surface area contributed by atoms with E-state index < -0.39 is 0 Å². The molecular weight excluding hydrogens is 334 g/mol. The number of aryl methyl sites for hydroxylation is 2. The van der Waals surface area contributed by atoms with Gasteiger partial charge in [-0.15, -0.1) is 16.9 Å². The first kappa shape index (κ1) is 17.2. The number of hydrogen-bond acceptors (Lipinski definition) is 5.